The van der Waals surface area contributed by atoms with Crippen LogP contribution in [0, 0.1) is 0 Å². The number of hydrogen-bond acceptors (Lipinski definition) is 9. The minimum absolute atomic E-state index is 0.0254. The van der Waals surface area contributed by atoms with Crippen molar-refractivity contribution in [3.8, 4) is 0 Å². The number of rotatable bonds is 18. The molecule has 4 unspecified atom stereocenters. The normalized spacial score (nSPS) is 13.7. The van der Waals surface area contributed by atoms with Crippen molar-refractivity contribution >= 4 is 41.5 Å². The number of imidazole rings is 1. The number of nitrogens with two attached hydrogens (primary N) is 5. The van der Waals surface area contributed by atoms with Crippen molar-refractivity contribution in [1.82, 2.24) is 25.9 Å². The lowest BCUT2D eigenvalue weighted by atomic mass is 10.1. The van der Waals surface area contributed by atoms with Crippen LogP contribution in [0.4, 0.5) is 0 Å². The van der Waals surface area contributed by atoms with Crippen LogP contribution < -0.4 is 44.6 Å². The van der Waals surface area contributed by atoms with Crippen LogP contribution in [-0.2, 0) is 35.2 Å². The van der Waals surface area contributed by atoms with Crippen LogP contribution in [0.15, 0.2) is 17.5 Å². The monoisotopic (exact) mass is 553 g/mol. The van der Waals surface area contributed by atoms with E-state index in [1.165, 1.54) is 12.5 Å². The van der Waals surface area contributed by atoms with E-state index in [1.54, 1.807) is 0 Å². The topological polar surface area (TPSA) is 330 Å². The molecule has 5 amide bonds. The fourth-order valence-electron chi connectivity index (χ4n) is 3.28. The first kappa shape index (κ1) is 32.3. The van der Waals surface area contributed by atoms with Crippen LogP contribution in [0.5, 0.6) is 0 Å². The average molecular weight is 554 g/mol. The number of H-pyrrole nitrogens is 1. The number of nitrogens with one attached hydrogen (secondary N) is 4. The summed E-state index contributed by atoms with van der Waals surface area (Å²) >= 11 is 0. The van der Waals surface area contributed by atoms with Crippen molar-refractivity contribution in [3.63, 3.8) is 0 Å². The molecule has 0 aliphatic heterocycles. The van der Waals surface area contributed by atoms with Crippen molar-refractivity contribution in [2.45, 2.75) is 62.7 Å². The lowest BCUT2D eigenvalue weighted by molar-refractivity contribution is -0.142. The van der Waals surface area contributed by atoms with Crippen LogP contribution in [0.25, 0.3) is 0 Å². The van der Waals surface area contributed by atoms with Gasteiger partial charge in [0.1, 0.15) is 18.1 Å². The maximum Gasteiger partial charge on any atom is 0.326 e. The highest BCUT2D eigenvalue weighted by molar-refractivity contribution is 5.95. The SMILES string of the molecule is NC(=O)CCC(NC(=O)C(N)CC(N)=O)C(=O)NC(CCCN=C(N)N)C(=O)NC(Cc1cnc[nH]1)C(=O)O. The summed E-state index contributed by atoms with van der Waals surface area (Å²) in [5, 5.41) is 16.7. The van der Waals surface area contributed by atoms with E-state index in [9.17, 15) is 33.9 Å². The van der Waals surface area contributed by atoms with Gasteiger partial charge in [0.2, 0.25) is 29.5 Å². The number of nitrogens with zero attached hydrogens (tertiary/aromatic N) is 2. The molecule has 0 saturated carbocycles. The minimum atomic E-state index is -1.38. The third-order valence-electron chi connectivity index (χ3n) is 5.24. The molecule has 1 heterocycles. The number of guanidine groups is 1. The molecule has 1 aromatic rings. The van der Waals surface area contributed by atoms with Crippen LogP contribution in [-0.4, -0.2) is 87.3 Å². The van der Waals surface area contributed by atoms with Gasteiger partial charge in [-0.25, -0.2) is 9.78 Å². The number of primary amides is 2. The number of aliphatic carboxylic acids is 1. The van der Waals surface area contributed by atoms with Gasteiger partial charge in [0.15, 0.2) is 5.96 Å². The average Bonchev–Trinajstić information content (AvgIpc) is 3.35. The number of aromatic nitrogens is 2. The third-order valence-corrected chi connectivity index (χ3v) is 5.24. The molecule has 0 bridgehead atoms. The number of aromatic amines is 1. The van der Waals surface area contributed by atoms with Crippen molar-refractivity contribution in [3.05, 3.63) is 18.2 Å². The summed E-state index contributed by atoms with van der Waals surface area (Å²) in [6.07, 6.45) is 1.73. The molecule has 39 heavy (non-hydrogen) atoms. The quantitative estimate of drug-likeness (QED) is 0.0466. The Balaban J connectivity index is 3.08. The standard InChI is InChI=1S/C21H35N11O7/c22-11(7-16(24)34)17(35)30-13(3-4-15(23)33)19(37)31-12(2-1-5-28-21(25)26)18(36)32-14(20(38)39)6-10-8-27-9-29-10/h8-9,11-14H,1-7,22H2,(H2,23,33)(H2,24,34)(H,27,29)(H,30,35)(H,31,37)(H,32,36)(H,38,39)(H4,25,26,28). The Morgan fingerprint density at radius 1 is 0.897 bits per heavy atom. The first-order chi connectivity index (χ1) is 18.3. The van der Waals surface area contributed by atoms with Crippen molar-refractivity contribution in [2.24, 2.45) is 33.7 Å². The first-order valence-corrected chi connectivity index (χ1v) is 11.8. The molecule has 0 spiro atoms. The molecule has 0 aliphatic carbocycles. The predicted molar refractivity (Wildman–Crippen MR) is 136 cm³/mol. The molecular formula is C21H35N11O7. The molecule has 216 valence electrons. The second-order valence-corrected chi connectivity index (χ2v) is 8.53. The van der Waals surface area contributed by atoms with Gasteiger partial charge >= 0.3 is 5.97 Å². The highest BCUT2D eigenvalue weighted by Crippen LogP contribution is 2.06. The van der Waals surface area contributed by atoms with E-state index >= 15 is 0 Å². The Morgan fingerprint density at radius 2 is 1.49 bits per heavy atom. The predicted octanol–water partition coefficient (Wildman–Crippen LogP) is -4.99. The van der Waals surface area contributed by atoms with Gasteiger partial charge < -0.3 is 54.7 Å². The van der Waals surface area contributed by atoms with Crippen molar-refractivity contribution < 1.29 is 33.9 Å². The molecule has 1 aromatic heterocycles. The lowest BCUT2D eigenvalue weighted by Crippen LogP contribution is -2.57. The highest BCUT2D eigenvalue weighted by atomic mass is 16.4. The van der Waals surface area contributed by atoms with E-state index < -0.39 is 66.1 Å². The Morgan fingerprint density at radius 3 is 2.00 bits per heavy atom. The third kappa shape index (κ3) is 12.9. The summed E-state index contributed by atoms with van der Waals surface area (Å²) in [6, 6.07) is -5.41. The molecule has 0 radical (unpaired) electrons. The van der Waals surface area contributed by atoms with Crippen molar-refractivity contribution in [1.29, 1.82) is 0 Å². The lowest BCUT2D eigenvalue weighted by Gasteiger charge is -2.25. The number of hydrogen-bond donors (Lipinski definition) is 10. The van der Waals surface area contributed by atoms with Crippen molar-refractivity contribution in [2.75, 3.05) is 6.54 Å². The largest absolute Gasteiger partial charge is 0.480 e. The fourth-order valence-corrected chi connectivity index (χ4v) is 3.28. The highest BCUT2D eigenvalue weighted by Gasteiger charge is 2.31. The Bertz CT molecular complexity index is 1040. The van der Waals surface area contributed by atoms with Gasteiger partial charge in [-0.3, -0.25) is 29.0 Å². The molecule has 15 N–H and O–H groups in total. The van der Waals surface area contributed by atoms with E-state index in [0.717, 1.165) is 0 Å². The fraction of sp³-hybridized carbons (Fsp3) is 0.524. The zero-order valence-electron chi connectivity index (χ0n) is 21.1. The maximum absolute atomic E-state index is 13.1. The first-order valence-electron chi connectivity index (χ1n) is 11.8. The van der Waals surface area contributed by atoms with Gasteiger partial charge in [-0.15, -0.1) is 0 Å². The zero-order valence-corrected chi connectivity index (χ0v) is 21.1. The van der Waals surface area contributed by atoms with E-state index in [4.69, 9.17) is 28.7 Å². The summed E-state index contributed by atoms with van der Waals surface area (Å²) in [4.78, 5) is 83.0. The molecule has 0 fully saturated rings. The number of aliphatic imine (C=N–C) groups is 1. The molecule has 0 aliphatic rings. The van der Waals surface area contributed by atoms with Gasteiger partial charge in [-0.1, -0.05) is 0 Å². The van der Waals surface area contributed by atoms with Gasteiger partial charge in [0.05, 0.1) is 18.8 Å². The van der Waals surface area contributed by atoms with E-state index in [1.807, 2.05) is 0 Å². The second kappa shape index (κ2) is 16.2. The smallest absolute Gasteiger partial charge is 0.326 e. The summed E-state index contributed by atoms with van der Waals surface area (Å²) in [5.41, 5.74) is 26.9. The van der Waals surface area contributed by atoms with Crippen LogP contribution in [0.1, 0.15) is 37.8 Å². The maximum atomic E-state index is 13.1. The van der Waals surface area contributed by atoms with Crippen LogP contribution >= 0.6 is 0 Å². The summed E-state index contributed by atoms with van der Waals surface area (Å²) < 4.78 is 0. The molecule has 4 atom stereocenters. The van der Waals surface area contributed by atoms with E-state index in [-0.39, 0.29) is 44.6 Å². The Labute approximate surface area is 222 Å². The molecule has 0 aromatic carbocycles. The van der Waals surface area contributed by atoms with Crippen LogP contribution in [0.2, 0.25) is 0 Å². The zero-order chi connectivity index (χ0) is 29.5. The second-order valence-electron chi connectivity index (χ2n) is 8.53. The van der Waals surface area contributed by atoms with Gasteiger partial charge in [-0.05, 0) is 19.3 Å². The molecule has 1 rings (SSSR count). The van der Waals surface area contributed by atoms with Gasteiger partial charge in [0.25, 0.3) is 0 Å². The Kier molecular flexibility index (Phi) is 13.4. The summed E-state index contributed by atoms with van der Waals surface area (Å²) in [5.74, 6) is -5.78. The summed E-state index contributed by atoms with van der Waals surface area (Å²) in [7, 11) is 0. The number of carbonyl (C=O) groups is 6. The van der Waals surface area contributed by atoms with E-state index in [2.05, 4.69) is 30.9 Å². The van der Waals surface area contributed by atoms with Crippen LogP contribution in [0.3, 0.4) is 0 Å². The summed E-state index contributed by atoms with van der Waals surface area (Å²) in [6.45, 7) is 0.0995. The molecular weight excluding hydrogens is 518 g/mol. The molecule has 0 saturated heterocycles. The number of carbonyl (C=O) groups excluding carboxylic acids is 5. The Hall–Kier alpha value is -4.74. The molecule has 18 nitrogen and oxygen atoms in total. The van der Waals surface area contributed by atoms with E-state index in [0.29, 0.717) is 5.69 Å². The number of amides is 5. The number of carboxylic acid groups (broad SMARTS) is 1. The number of carboxylic acids is 1. The van der Waals surface area contributed by atoms with Gasteiger partial charge in [0, 0.05) is 31.3 Å². The van der Waals surface area contributed by atoms with Gasteiger partial charge in [-0.2, -0.15) is 0 Å². The minimum Gasteiger partial charge on any atom is -0.480 e. The molecule has 18 heteroatoms.